The summed E-state index contributed by atoms with van der Waals surface area (Å²) in [6.45, 7) is 6.36. The Kier molecular flexibility index (Phi) is 5.86. The number of halogens is 1. The van der Waals surface area contributed by atoms with Crippen molar-refractivity contribution in [1.82, 2.24) is 5.32 Å². The van der Waals surface area contributed by atoms with Crippen LogP contribution in [-0.4, -0.2) is 25.3 Å². The van der Waals surface area contributed by atoms with E-state index < -0.39 is 0 Å². The van der Waals surface area contributed by atoms with Gasteiger partial charge in [-0.15, -0.1) is 0 Å². The van der Waals surface area contributed by atoms with Crippen LogP contribution >= 0.6 is 15.9 Å². The molecule has 2 unspecified atom stereocenters. The minimum atomic E-state index is 0.447. The Bertz CT molecular complexity index is 371. The molecule has 1 aromatic rings. The molecule has 1 N–H and O–H groups in total. The summed E-state index contributed by atoms with van der Waals surface area (Å²) >= 11 is 3.50. The predicted molar refractivity (Wildman–Crippen MR) is 83.6 cm³/mol. The first-order valence-electron chi connectivity index (χ1n) is 7.25. The van der Waals surface area contributed by atoms with Crippen LogP contribution in [-0.2, 0) is 4.74 Å². The highest BCUT2D eigenvalue weighted by Crippen LogP contribution is 2.27. The van der Waals surface area contributed by atoms with Gasteiger partial charge >= 0.3 is 0 Å². The van der Waals surface area contributed by atoms with Crippen LogP contribution in [0.15, 0.2) is 28.7 Å². The first kappa shape index (κ1) is 15.0. The Morgan fingerprint density at radius 3 is 2.63 bits per heavy atom. The monoisotopic (exact) mass is 325 g/mol. The summed E-state index contributed by atoms with van der Waals surface area (Å²) in [5.74, 6) is 0.540. The summed E-state index contributed by atoms with van der Waals surface area (Å²) in [7, 11) is 0. The number of nitrogens with one attached hydrogen (secondary N) is 1. The molecular formula is C16H24BrNO. The lowest BCUT2D eigenvalue weighted by Crippen LogP contribution is -2.29. The molecule has 1 aromatic carbocycles. The highest BCUT2D eigenvalue weighted by atomic mass is 79.9. The zero-order chi connectivity index (χ0) is 13.7. The van der Waals surface area contributed by atoms with Crippen molar-refractivity contribution in [1.29, 1.82) is 0 Å². The minimum absolute atomic E-state index is 0.447. The maximum atomic E-state index is 5.80. The van der Waals surface area contributed by atoms with E-state index in [1.165, 1.54) is 18.4 Å². The van der Waals surface area contributed by atoms with Crippen LogP contribution in [0, 0.1) is 0 Å². The van der Waals surface area contributed by atoms with Gasteiger partial charge in [0.1, 0.15) is 0 Å². The summed E-state index contributed by atoms with van der Waals surface area (Å²) in [4.78, 5) is 0. The van der Waals surface area contributed by atoms with Gasteiger partial charge in [0.15, 0.2) is 0 Å². The van der Waals surface area contributed by atoms with Gasteiger partial charge < -0.3 is 10.1 Å². The predicted octanol–water partition coefficient (Wildman–Crippen LogP) is 4.10. The zero-order valence-electron chi connectivity index (χ0n) is 11.9. The molecule has 1 fully saturated rings. The standard InChI is InChI=1S/C16H24BrNO/c1-12(2)18-11-14(10-16-4-3-9-19-16)13-5-7-15(17)8-6-13/h5-8,12,14,16,18H,3-4,9-11H2,1-2H3. The van der Waals surface area contributed by atoms with Crippen molar-refractivity contribution in [2.24, 2.45) is 0 Å². The molecule has 3 heteroatoms. The summed E-state index contributed by atoms with van der Waals surface area (Å²) in [5, 5.41) is 3.57. The van der Waals surface area contributed by atoms with Gasteiger partial charge in [-0.2, -0.15) is 0 Å². The van der Waals surface area contributed by atoms with Crippen molar-refractivity contribution in [3.05, 3.63) is 34.3 Å². The molecule has 2 nitrogen and oxygen atoms in total. The molecule has 0 aromatic heterocycles. The maximum absolute atomic E-state index is 5.80. The average Bonchev–Trinajstić information content (AvgIpc) is 2.88. The van der Waals surface area contributed by atoms with E-state index in [1.54, 1.807) is 0 Å². The van der Waals surface area contributed by atoms with Crippen LogP contribution in [0.2, 0.25) is 0 Å². The normalized spacial score (nSPS) is 20.9. The number of rotatable bonds is 6. The molecule has 1 saturated heterocycles. The van der Waals surface area contributed by atoms with E-state index in [0.29, 0.717) is 18.1 Å². The van der Waals surface area contributed by atoms with E-state index >= 15 is 0 Å². The number of ether oxygens (including phenoxy) is 1. The molecule has 2 atom stereocenters. The van der Waals surface area contributed by atoms with Crippen molar-refractivity contribution >= 4 is 15.9 Å². The van der Waals surface area contributed by atoms with Crippen molar-refractivity contribution in [2.75, 3.05) is 13.2 Å². The third-order valence-electron chi connectivity index (χ3n) is 3.69. The third-order valence-corrected chi connectivity index (χ3v) is 4.21. The molecule has 2 rings (SSSR count). The Labute approximate surface area is 125 Å². The molecule has 0 bridgehead atoms. The average molecular weight is 326 g/mol. The minimum Gasteiger partial charge on any atom is -0.378 e. The van der Waals surface area contributed by atoms with E-state index in [1.807, 2.05) is 0 Å². The Hall–Kier alpha value is -0.380. The summed E-state index contributed by atoms with van der Waals surface area (Å²) in [5.41, 5.74) is 1.41. The number of hydrogen-bond donors (Lipinski definition) is 1. The molecule has 0 spiro atoms. The highest BCUT2D eigenvalue weighted by molar-refractivity contribution is 9.10. The summed E-state index contributed by atoms with van der Waals surface area (Å²) in [6, 6.07) is 9.25. The van der Waals surface area contributed by atoms with Crippen LogP contribution in [0.5, 0.6) is 0 Å². The molecular weight excluding hydrogens is 302 g/mol. The van der Waals surface area contributed by atoms with E-state index in [0.717, 1.165) is 24.0 Å². The second kappa shape index (κ2) is 7.41. The number of hydrogen-bond acceptors (Lipinski definition) is 2. The van der Waals surface area contributed by atoms with Gasteiger partial charge in [-0.25, -0.2) is 0 Å². The third kappa shape index (κ3) is 4.90. The van der Waals surface area contributed by atoms with E-state index in [9.17, 15) is 0 Å². The van der Waals surface area contributed by atoms with Crippen molar-refractivity contribution in [3.63, 3.8) is 0 Å². The van der Waals surface area contributed by atoms with Gasteiger partial charge in [-0.1, -0.05) is 41.9 Å². The molecule has 0 radical (unpaired) electrons. The fraction of sp³-hybridized carbons (Fsp3) is 0.625. The molecule has 0 saturated carbocycles. The smallest absolute Gasteiger partial charge is 0.0582 e. The van der Waals surface area contributed by atoms with Crippen LogP contribution in [0.3, 0.4) is 0 Å². The Balaban J connectivity index is 2.01. The van der Waals surface area contributed by atoms with Gasteiger partial charge in [0.05, 0.1) is 6.10 Å². The van der Waals surface area contributed by atoms with Crippen LogP contribution in [0.4, 0.5) is 0 Å². The highest BCUT2D eigenvalue weighted by Gasteiger charge is 2.22. The Morgan fingerprint density at radius 1 is 1.32 bits per heavy atom. The first-order chi connectivity index (χ1) is 9.15. The van der Waals surface area contributed by atoms with Gasteiger partial charge in [0.2, 0.25) is 0 Å². The first-order valence-corrected chi connectivity index (χ1v) is 8.05. The van der Waals surface area contributed by atoms with Crippen molar-refractivity contribution < 1.29 is 4.74 Å². The quantitative estimate of drug-likeness (QED) is 0.850. The van der Waals surface area contributed by atoms with Crippen LogP contribution in [0.25, 0.3) is 0 Å². The Morgan fingerprint density at radius 2 is 2.05 bits per heavy atom. The fourth-order valence-electron chi connectivity index (χ4n) is 2.60. The van der Waals surface area contributed by atoms with E-state index in [2.05, 4.69) is 59.4 Å². The second-order valence-electron chi connectivity index (χ2n) is 5.68. The summed E-state index contributed by atoms with van der Waals surface area (Å²) in [6.07, 6.45) is 4.01. The molecule has 0 aliphatic carbocycles. The topological polar surface area (TPSA) is 21.3 Å². The lowest BCUT2D eigenvalue weighted by atomic mass is 9.92. The largest absolute Gasteiger partial charge is 0.378 e. The van der Waals surface area contributed by atoms with Crippen LogP contribution in [0.1, 0.15) is 44.6 Å². The lowest BCUT2D eigenvalue weighted by molar-refractivity contribution is 0.0975. The summed E-state index contributed by atoms with van der Waals surface area (Å²) < 4.78 is 6.94. The molecule has 106 valence electrons. The molecule has 1 aliphatic heterocycles. The SMILES string of the molecule is CC(C)NCC(CC1CCCO1)c1ccc(Br)cc1. The van der Waals surface area contributed by atoms with Gasteiger partial charge in [-0.05, 0) is 42.9 Å². The molecule has 1 heterocycles. The van der Waals surface area contributed by atoms with Crippen molar-refractivity contribution in [3.8, 4) is 0 Å². The van der Waals surface area contributed by atoms with E-state index in [-0.39, 0.29) is 0 Å². The lowest BCUT2D eigenvalue weighted by Gasteiger charge is -2.22. The molecule has 1 aliphatic rings. The molecule has 0 amide bonds. The van der Waals surface area contributed by atoms with Crippen molar-refractivity contribution in [2.45, 2.75) is 51.2 Å². The second-order valence-corrected chi connectivity index (χ2v) is 6.60. The maximum Gasteiger partial charge on any atom is 0.0582 e. The number of benzene rings is 1. The van der Waals surface area contributed by atoms with Crippen LogP contribution < -0.4 is 5.32 Å². The molecule has 19 heavy (non-hydrogen) atoms. The fourth-order valence-corrected chi connectivity index (χ4v) is 2.86. The van der Waals surface area contributed by atoms with Gasteiger partial charge in [0.25, 0.3) is 0 Å². The van der Waals surface area contributed by atoms with Gasteiger partial charge in [-0.3, -0.25) is 0 Å². The zero-order valence-corrected chi connectivity index (χ0v) is 13.4. The van der Waals surface area contributed by atoms with Gasteiger partial charge in [0, 0.05) is 23.7 Å². The van der Waals surface area contributed by atoms with E-state index in [4.69, 9.17) is 4.74 Å².